The number of halogens is 4. The second kappa shape index (κ2) is 16.3. The van der Waals surface area contributed by atoms with Crippen molar-refractivity contribution in [2.24, 2.45) is 11.7 Å². The van der Waals surface area contributed by atoms with Gasteiger partial charge < -0.3 is 20.1 Å². The smallest absolute Gasteiger partial charge is 0.254 e. The van der Waals surface area contributed by atoms with Gasteiger partial charge in [-0.15, -0.1) is 24.8 Å². The molecule has 2 aliphatic rings. The zero-order chi connectivity index (χ0) is 27.9. The fourth-order valence-corrected chi connectivity index (χ4v) is 5.90. The number of methoxy groups -OCH3 is 2. The van der Waals surface area contributed by atoms with Gasteiger partial charge in [-0.2, -0.15) is 0 Å². The summed E-state index contributed by atoms with van der Waals surface area (Å²) in [7, 11) is 3.10. The van der Waals surface area contributed by atoms with Crippen LogP contribution in [0.5, 0.6) is 11.5 Å². The molecule has 0 spiro atoms. The number of nitrogens with two attached hydrogens (primary N) is 1. The average Bonchev–Trinajstić information content (AvgIpc) is 3.36. The van der Waals surface area contributed by atoms with Gasteiger partial charge in [-0.3, -0.25) is 9.69 Å². The van der Waals surface area contributed by atoms with Crippen LogP contribution in [0.2, 0.25) is 0 Å². The van der Waals surface area contributed by atoms with Crippen LogP contribution in [0.3, 0.4) is 0 Å². The lowest BCUT2D eigenvalue weighted by Gasteiger charge is -2.35. The third kappa shape index (κ3) is 9.30. The van der Waals surface area contributed by atoms with Crippen LogP contribution < -0.4 is 15.2 Å². The maximum absolute atomic E-state index is 14.3. The highest BCUT2D eigenvalue weighted by atomic mass is 35.5. The Balaban J connectivity index is 0.00000294. The molecule has 41 heavy (non-hydrogen) atoms. The molecule has 0 radical (unpaired) electrons. The van der Waals surface area contributed by atoms with Crippen LogP contribution in [0.25, 0.3) is 6.08 Å². The molecule has 2 fully saturated rings. The van der Waals surface area contributed by atoms with Gasteiger partial charge in [0.2, 0.25) is 0 Å². The first kappa shape index (κ1) is 34.8. The van der Waals surface area contributed by atoms with Crippen molar-refractivity contribution >= 4 is 36.8 Å². The summed E-state index contributed by atoms with van der Waals surface area (Å²) in [5, 5.41) is 0. The van der Waals surface area contributed by atoms with E-state index in [2.05, 4.69) is 4.90 Å². The molecular weight excluding hydrogens is 571 g/mol. The first-order valence-corrected chi connectivity index (χ1v) is 13.9. The van der Waals surface area contributed by atoms with Gasteiger partial charge in [-0.1, -0.05) is 11.6 Å². The highest BCUT2D eigenvalue weighted by Crippen LogP contribution is 2.30. The van der Waals surface area contributed by atoms with Crippen molar-refractivity contribution in [3.05, 3.63) is 64.7 Å². The molecule has 4 rings (SSSR count). The fraction of sp³-hybridized carbons (Fsp3) is 0.516. The maximum Gasteiger partial charge on any atom is 0.254 e. The van der Waals surface area contributed by atoms with Gasteiger partial charge in [0.25, 0.3) is 5.91 Å². The summed E-state index contributed by atoms with van der Waals surface area (Å²) in [5.41, 5.74) is 7.72. The van der Waals surface area contributed by atoms with Gasteiger partial charge in [-0.05, 0) is 88.2 Å². The van der Waals surface area contributed by atoms with Crippen molar-refractivity contribution in [3.8, 4) is 11.5 Å². The van der Waals surface area contributed by atoms with Gasteiger partial charge in [-0.25, -0.2) is 8.78 Å². The van der Waals surface area contributed by atoms with Crippen molar-refractivity contribution in [2.75, 3.05) is 40.4 Å². The fourth-order valence-electron chi connectivity index (χ4n) is 5.90. The van der Waals surface area contributed by atoms with Crippen LogP contribution in [-0.4, -0.2) is 68.2 Å². The largest absolute Gasteiger partial charge is 0.493 e. The summed E-state index contributed by atoms with van der Waals surface area (Å²) in [5.74, 6) is 0.317. The van der Waals surface area contributed by atoms with Crippen LogP contribution in [0, 0.1) is 17.6 Å². The number of likely N-dealkylation sites (tertiary alicyclic amines) is 1. The van der Waals surface area contributed by atoms with E-state index < -0.39 is 11.6 Å². The molecule has 0 unspecified atom stereocenters. The number of carbonyl (C=O) groups excluding carboxylic acids is 1. The molecule has 10 heteroatoms. The lowest BCUT2D eigenvalue weighted by atomic mass is 9.86. The Labute approximate surface area is 255 Å². The molecule has 1 aliphatic heterocycles. The summed E-state index contributed by atoms with van der Waals surface area (Å²) in [4.78, 5) is 18.3. The zero-order valence-electron chi connectivity index (χ0n) is 24.1. The topological polar surface area (TPSA) is 68.0 Å². The third-order valence-corrected chi connectivity index (χ3v) is 8.04. The van der Waals surface area contributed by atoms with Crippen molar-refractivity contribution < 1.29 is 23.0 Å². The first-order valence-electron chi connectivity index (χ1n) is 13.9. The summed E-state index contributed by atoms with van der Waals surface area (Å²) in [6.07, 6.45) is 8.28. The van der Waals surface area contributed by atoms with Crippen LogP contribution in [0.1, 0.15) is 61.4 Å². The van der Waals surface area contributed by atoms with Crippen molar-refractivity contribution in [1.82, 2.24) is 9.80 Å². The van der Waals surface area contributed by atoms with Crippen molar-refractivity contribution in [2.45, 2.75) is 57.5 Å². The number of hydrogen-bond donors (Lipinski definition) is 1. The number of rotatable bonds is 10. The molecule has 6 nitrogen and oxygen atoms in total. The Hall–Kier alpha value is -2.39. The van der Waals surface area contributed by atoms with Crippen LogP contribution >= 0.6 is 24.8 Å². The molecule has 0 bridgehead atoms. The van der Waals surface area contributed by atoms with E-state index in [0.717, 1.165) is 63.3 Å². The highest BCUT2D eigenvalue weighted by Gasteiger charge is 2.31. The first-order chi connectivity index (χ1) is 18.8. The van der Waals surface area contributed by atoms with E-state index in [1.165, 1.54) is 12.1 Å². The van der Waals surface area contributed by atoms with Crippen molar-refractivity contribution in [1.29, 1.82) is 0 Å². The molecule has 0 aromatic heterocycles. The SMILES string of the molecule is COc1ccc(C(=O)N(CC(C)=Cc2ccc(F)cc2F)C[C@@H]2CCCN2CC2CCC(N)CC2)cc1OC.Cl.Cl. The van der Waals surface area contributed by atoms with E-state index in [9.17, 15) is 13.6 Å². The number of carbonyl (C=O) groups is 1. The van der Waals surface area contributed by atoms with Gasteiger partial charge >= 0.3 is 0 Å². The molecule has 228 valence electrons. The molecule has 1 saturated carbocycles. The zero-order valence-corrected chi connectivity index (χ0v) is 25.7. The lowest BCUT2D eigenvalue weighted by molar-refractivity contribution is 0.0708. The Kier molecular flexibility index (Phi) is 13.8. The Morgan fingerprint density at radius 2 is 1.73 bits per heavy atom. The number of ether oxygens (including phenoxy) is 2. The van der Waals surface area contributed by atoms with Gasteiger partial charge in [0.15, 0.2) is 11.5 Å². The molecule has 1 atom stereocenters. The second-order valence-electron chi connectivity index (χ2n) is 11.0. The monoisotopic (exact) mass is 613 g/mol. The van der Waals surface area contributed by atoms with E-state index in [0.29, 0.717) is 47.7 Å². The number of amides is 1. The lowest BCUT2D eigenvalue weighted by Crippen LogP contribution is -2.45. The quantitative estimate of drug-likeness (QED) is 0.338. The summed E-state index contributed by atoms with van der Waals surface area (Å²) in [6, 6.07) is 9.28. The Bertz CT molecular complexity index is 1180. The second-order valence-corrected chi connectivity index (χ2v) is 11.0. The molecule has 2 aromatic rings. The van der Waals surface area contributed by atoms with Crippen LogP contribution in [0.4, 0.5) is 8.78 Å². The molecule has 1 saturated heterocycles. The summed E-state index contributed by atoms with van der Waals surface area (Å²) < 4.78 is 38.5. The minimum absolute atomic E-state index is 0. The molecule has 1 heterocycles. The molecule has 1 amide bonds. The minimum Gasteiger partial charge on any atom is -0.493 e. The van der Waals surface area contributed by atoms with E-state index in [4.69, 9.17) is 15.2 Å². The molecule has 1 aliphatic carbocycles. The Morgan fingerprint density at radius 1 is 1.02 bits per heavy atom. The minimum atomic E-state index is -0.624. The van der Waals surface area contributed by atoms with Crippen LogP contribution in [0.15, 0.2) is 42.0 Å². The predicted molar refractivity (Wildman–Crippen MR) is 164 cm³/mol. The predicted octanol–water partition coefficient (Wildman–Crippen LogP) is 6.35. The average molecular weight is 615 g/mol. The van der Waals surface area contributed by atoms with E-state index in [1.807, 2.05) is 11.8 Å². The molecule has 2 N–H and O–H groups in total. The number of nitrogens with zero attached hydrogens (tertiary/aromatic N) is 2. The van der Waals surface area contributed by atoms with Gasteiger partial charge in [0.1, 0.15) is 11.6 Å². The molecule has 2 aromatic carbocycles. The van der Waals surface area contributed by atoms with Crippen LogP contribution in [-0.2, 0) is 0 Å². The summed E-state index contributed by atoms with van der Waals surface area (Å²) in [6.45, 7) is 4.82. The highest BCUT2D eigenvalue weighted by molar-refractivity contribution is 5.95. The van der Waals surface area contributed by atoms with E-state index in [1.54, 1.807) is 38.5 Å². The third-order valence-electron chi connectivity index (χ3n) is 8.04. The Morgan fingerprint density at radius 3 is 2.39 bits per heavy atom. The standard InChI is InChI=1S/C31H41F2N3O3.2ClH/c1-21(15-23-8-10-25(32)17-28(23)33)18-36(31(37)24-9-13-29(38-2)30(16-24)39-3)20-27-5-4-14-35(27)19-22-6-11-26(34)12-7-22;;/h8-10,13,15-17,22,26-27H,4-7,11-12,14,18-20,34H2,1-3H3;2*1H/t22?,26?,27-;;/m0../s1. The summed E-state index contributed by atoms with van der Waals surface area (Å²) >= 11 is 0. The van der Waals surface area contributed by atoms with E-state index >= 15 is 0 Å². The number of benzene rings is 2. The normalized spacial score (nSPS) is 21.0. The number of hydrogen-bond acceptors (Lipinski definition) is 5. The van der Waals surface area contributed by atoms with Gasteiger partial charge in [0.05, 0.1) is 14.2 Å². The van der Waals surface area contributed by atoms with Gasteiger partial charge in [0, 0.05) is 48.9 Å². The van der Waals surface area contributed by atoms with E-state index in [-0.39, 0.29) is 36.8 Å². The molecular formula is C31H43Cl2F2N3O3. The van der Waals surface area contributed by atoms with Crippen molar-refractivity contribution in [3.63, 3.8) is 0 Å². The maximum atomic E-state index is 14.3.